The van der Waals surface area contributed by atoms with Crippen molar-refractivity contribution in [1.29, 1.82) is 0 Å². The van der Waals surface area contributed by atoms with E-state index in [-0.39, 0.29) is 29.2 Å². The molecule has 0 aliphatic carbocycles. The highest BCUT2D eigenvalue weighted by atomic mass is 19.2. The van der Waals surface area contributed by atoms with Gasteiger partial charge in [-0.15, -0.1) is 0 Å². The summed E-state index contributed by atoms with van der Waals surface area (Å²) in [7, 11) is 0. The lowest BCUT2D eigenvalue weighted by atomic mass is 10.0. The normalized spacial score (nSPS) is 13.2. The zero-order chi connectivity index (χ0) is 22.7. The molecule has 2 aromatic carbocycles. The molecule has 1 aliphatic rings. The van der Waals surface area contributed by atoms with Crippen LogP contribution >= 0.6 is 0 Å². The minimum Gasteiger partial charge on any atom is -0.350 e. The standard InChI is InChI=1S/C22H15F2N5O3/c23-15-6-2-5-14(19(15)24)18-20(22(32)29-21(18)31)27-13-4-1-3-12(9-13)10-17(30)28-16-7-8-25-11-26-16/h1-9,11H,10H2,(H,25,26,28,30)(H2,27,29,31,32). The number of rotatable bonds is 6. The number of nitrogens with zero attached hydrogens (tertiary/aromatic N) is 2. The summed E-state index contributed by atoms with van der Waals surface area (Å²) in [6.07, 6.45) is 2.81. The van der Waals surface area contributed by atoms with E-state index >= 15 is 0 Å². The first-order chi connectivity index (χ1) is 15.4. The molecule has 0 bridgehead atoms. The van der Waals surface area contributed by atoms with Gasteiger partial charge in [0.05, 0.1) is 12.0 Å². The third-order valence-electron chi connectivity index (χ3n) is 4.56. The van der Waals surface area contributed by atoms with Crippen LogP contribution in [0.3, 0.4) is 0 Å². The van der Waals surface area contributed by atoms with E-state index in [1.165, 1.54) is 24.7 Å². The van der Waals surface area contributed by atoms with Gasteiger partial charge in [-0.25, -0.2) is 18.7 Å². The molecule has 160 valence electrons. The van der Waals surface area contributed by atoms with Gasteiger partial charge in [-0.3, -0.25) is 19.7 Å². The molecule has 3 aromatic rings. The average molecular weight is 435 g/mol. The maximum atomic E-state index is 14.3. The Hall–Kier alpha value is -4.47. The Morgan fingerprint density at radius 2 is 1.84 bits per heavy atom. The number of hydrogen-bond acceptors (Lipinski definition) is 6. The number of anilines is 2. The average Bonchev–Trinajstić information content (AvgIpc) is 3.04. The van der Waals surface area contributed by atoms with E-state index in [1.54, 1.807) is 30.3 Å². The topological polar surface area (TPSA) is 113 Å². The summed E-state index contributed by atoms with van der Waals surface area (Å²) >= 11 is 0. The number of hydrogen-bond donors (Lipinski definition) is 3. The third kappa shape index (κ3) is 4.33. The predicted molar refractivity (Wildman–Crippen MR) is 111 cm³/mol. The summed E-state index contributed by atoms with van der Waals surface area (Å²) < 4.78 is 27.9. The first-order valence-corrected chi connectivity index (χ1v) is 9.38. The molecule has 3 amide bonds. The van der Waals surface area contributed by atoms with Crippen molar-refractivity contribution in [3.05, 3.63) is 89.5 Å². The fourth-order valence-electron chi connectivity index (χ4n) is 3.17. The molecular weight excluding hydrogens is 420 g/mol. The summed E-state index contributed by atoms with van der Waals surface area (Å²) in [5.74, 6) is -3.97. The maximum absolute atomic E-state index is 14.3. The van der Waals surface area contributed by atoms with Crippen LogP contribution < -0.4 is 16.0 Å². The number of amides is 3. The highest BCUT2D eigenvalue weighted by Gasteiger charge is 2.33. The van der Waals surface area contributed by atoms with Gasteiger partial charge in [0.25, 0.3) is 11.8 Å². The molecule has 2 heterocycles. The molecule has 8 nitrogen and oxygen atoms in total. The Balaban J connectivity index is 1.58. The van der Waals surface area contributed by atoms with E-state index < -0.39 is 23.4 Å². The minimum absolute atomic E-state index is 0.00901. The maximum Gasteiger partial charge on any atom is 0.275 e. The summed E-state index contributed by atoms with van der Waals surface area (Å²) in [6, 6.07) is 11.5. The smallest absolute Gasteiger partial charge is 0.275 e. The van der Waals surface area contributed by atoms with Crippen LogP contribution in [-0.2, 0) is 20.8 Å². The van der Waals surface area contributed by atoms with Gasteiger partial charge in [-0.1, -0.05) is 24.3 Å². The van der Waals surface area contributed by atoms with E-state index in [0.717, 1.165) is 6.07 Å². The van der Waals surface area contributed by atoms with Crippen LogP contribution in [0.25, 0.3) is 5.57 Å². The molecule has 1 aliphatic heterocycles. The van der Waals surface area contributed by atoms with Crippen LogP contribution in [0.5, 0.6) is 0 Å². The highest BCUT2D eigenvalue weighted by molar-refractivity contribution is 6.36. The van der Waals surface area contributed by atoms with E-state index in [0.29, 0.717) is 17.1 Å². The molecule has 32 heavy (non-hydrogen) atoms. The van der Waals surface area contributed by atoms with Crippen molar-refractivity contribution in [1.82, 2.24) is 15.3 Å². The number of nitrogens with one attached hydrogen (secondary N) is 3. The minimum atomic E-state index is -1.23. The first kappa shape index (κ1) is 20.8. The van der Waals surface area contributed by atoms with E-state index in [2.05, 4.69) is 25.9 Å². The van der Waals surface area contributed by atoms with Gasteiger partial charge >= 0.3 is 0 Å². The molecule has 0 atom stereocenters. The number of imide groups is 1. The predicted octanol–water partition coefficient (Wildman–Crippen LogP) is 2.42. The molecule has 0 radical (unpaired) electrons. The Morgan fingerprint density at radius 3 is 2.62 bits per heavy atom. The van der Waals surface area contributed by atoms with E-state index in [4.69, 9.17) is 0 Å². The lowest BCUT2D eigenvalue weighted by Gasteiger charge is -2.10. The summed E-state index contributed by atoms with van der Waals surface area (Å²) in [6.45, 7) is 0. The second kappa shape index (κ2) is 8.72. The summed E-state index contributed by atoms with van der Waals surface area (Å²) in [5.41, 5.74) is 0.120. The molecule has 4 rings (SSSR count). The lowest BCUT2D eigenvalue weighted by Crippen LogP contribution is -2.24. The molecular formula is C22H15F2N5O3. The van der Waals surface area contributed by atoms with Crippen molar-refractivity contribution >= 4 is 34.8 Å². The quantitative estimate of drug-likeness (QED) is 0.513. The highest BCUT2D eigenvalue weighted by Crippen LogP contribution is 2.28. The van der Waals surface area contributed by atoms with E-state index in [1.807, 2.05) is 0 Å². The number of aromatic nitrogens is 2. The molecule has 1 aromatic heterocycles. The van der Waals surface area contributed by atoms with Crippen molar-refractivity contribution < 1.29 is 23.2 Å². The van der Waals surface area contributed by atoms with Crippen LogP contribution in [0, 0.1) is 11.6 Å². The van der Waals surface area contributed by atoms with Crippen LogP contribution in [0.2, 0.25) is 0 Å². The molecule has 3 N–H and O–H groups in total. The summed E-state index contributed by atoms with van der Waals surface area (Å²) in [4.78, 5) is 44.5. The molecule has 0 spiro atoms. The van der Waals surface area contributed by atoms with Gasteiger partial charge in [-0.2, -0.15) is 0 Å². The molecule has 0 saturated heterocycles. The third-order valence-corrected chi connectivity index (χ3v) is 4.56. The van der Waals surface area contributed by atoms with Gasteiger partial charge in [0, 0.05) is 17.4 Å². The van der Waals surface area contributed by atoms with Gasteiger partial charge in [0.15, 0.2) is 11.6 Å². The Labute approximate surface area is 180 Å². The van der Waals surface area contributed by atoms with Gasteiger partial charge in [-0.05, 0) is 29.8 Å². The van der Waals surface area contributed by atoms with Gasteiger partial charge in [0.2, 0.25) is 5.91 Å². The van der Waals surface area contributed by atoms with Crippen LogP contribution in [0.1, 0.15) is 11.1 Å². The van der Waals surface area contributed by atoms with Gasteiger partial charge in [0.1, 0.15) is 17.8 Å². The van der Waals surface area contributed by atoms with Crippen molar-refractivity contribution in [3.8, 4) is 0 Å². The number of carbonyl (C=O) groups excluding carboxylic acids is 3. The molecule has 10 heteroatoms. The van der Waals surface area contributed by atoms with Crippen molar-refractivity contribution in [3.63, 3.8) is 0 Å². The second-order valence-corrected chi connectivity index (χ2v) is 6.78. The summed E-state index contributed by atoms with van der Waals surface area (Å²) in [5, 5.41) is 7.49. The fourth-order valence-corrected chi connectivity index (χ4v) is 3.17. The molecule has 0 unspecified atom stereocenters. The monoisotopic (exact) mass is 435 g/mol. The lowest BCUT2D eigenvalue weighted by molar-refractivity contribution is -0.123. The first-order valence-electron chi connectivity index (χ1n) is 9.38. The Bertz CT molecular complexity index is 1260. The number of benzene rings is 2. The zero-order valence-electron chi connectivity index (χ0n) is 16.4. The van der Waals surface area contributed by atoms with Crippen molar-refractivity contribution in [2.24, 2.45) is 0 Å². The largest absolute Gasteiger partial charge is 0.350 e. The van der Waals surface area contributed by atoms with Gasteiger partial charge < -0.3 is 10.6 Å². The van der Waals surface area contributed by atoms with E-state index in [9.17, 15) is 23.2 Å². The SMILES string of the molecule is O=C(Cc1cccc(NC2=C(c3cccc(F)c3F)C(=O)NC2=O)c1)Nc1ccncn1. The van der Waals surface area contributed by atoms with Crippen molar-refractivity contribution in [2.45, 2.75) is 6.42 Å². The molecule has 0 fully saturated rings. The van der Waals surface area contributed by atoms with Crippen LogP contribution in [0.15, 0.2) is 66.8 Å². The number of halogens is 2. The van der Waals surface area contributed by atoms with Crippen LogP contribution in [0.4, 0.5) is 20.3 Å². The van der Waals surface area contributed by atoms with Crippen LogP contribution in [-0.4, -0.2) is 27.7 Å². The Kier molecular flexibility index (Phi) is 5.67. The second-order valence-electron chi connectivity index (χ2n) is 6.78. The zero-order valence-corrected chi connectivity index (χ0v) is 16.4. The Morgan fingerprint density at radius 1 is 1.03 bits per heavy atom. The number of carbonyl (C=O) groups is 3. The van der Waals surface area contributed by atoms with Crippen molar-refractivity contribution in [2.75, 3.05) is 10.6 Å². The molecule has 0 saturated carbocycles. The fraction of sp³-hybridized carbons (Fsp3) is 0.0455.